The Hall–Kier alpha value is -2.08. The number of likely N-dealkylation sites (tertiary alicyclic amines) is 1. The standard InChI is InChI=1S/C23H31N3O3/c27-18-7-3-4-16(14-18)15-26-12-10-23(11-13-26)9-8-19-20(23)21(25-29-19)22(28)24-17-5-1-2-6-17/h3-4,7,14,17,19-20,27H,1-2,5-6,8-13,15H2,(H,24,28)/t19-,20+/m0/s1. The summed E-state index contributed by atoms with van der Waals surface area (Å²) in [6.07, 6.45) is 8.94. The Kier molecular flexibility index (Phi) is 4.98. The van der Waals surface area contributed by atoms with Crippen LogP contribution >= 0.6 is 0 Å². The zero-order chi connectivity index (χ0) is 19.8. The van der Waals surface area contributed by atoms with E-state index in [1.165, 1.54) is 12.8 Å². The lowest BCUT2D eigenvalue weighted by atomic mass is 9.68. The molecule has 0 radical (unpaired) electrons. The molecule has 29 heavy (non-hydrogen) atoms. The van der Waals surface area contributed by atoms with Crippen molar-refractivity contribution >= 4 is 11.6 Å². The van der Waals surface area contributed by atoms with Crippen LogP contribution in [-0.4, -0.2) is 46.9 Å². The number of hydrogen-bond donors (Lipinski definition) is 2. The molecule has 0 bridgehead atoms. The molecule has 1 saturated heterocycles. The molecule has 1 aromatic carbocycles. The molecule has 156 valence electrons. The number of nitrogens with one attached hydrogen (secondary N) is 1. The Balaban J connectivity index is 1.24. The molecule has 6 nitrogen and oxygen atoms in total. The molecule has 1 aromatic rings. The minimum absolute atomic E-state index is 0.00728. The van der Waals surface area contributed by atoms with Gasteiger partial charge in [0.25, 0.3) is 5.91 Å². The average molecular weight is 398 g/mol. The van der Waals surface area contributed by atoms with Crippen molar-refractivity contribution in [3.05, 3.63) is 29.8 Å². The summed E-state index contributed by atoms with van der Waals surface area (Å²) in [5, 5.41) is 17.2. The van der Waals surface area contributed by atoms with Crippen molar-refractivity contribution < 1.29 is 14.7 Å². The van der Waals surface area contributed by atoms with Gasteiger partial charge in [-0.3, -0.25) is 9.69 Å². The number of phenols is 1. The van der Waals surface area contributed by atoms with Crippen molar-refractivity contribution in [2.75, 3.05) is 13.1 Å². The van der Waals surface area contributed by atoms with Crippen LogP contribution in [0.4, 0.5) is 0 Å². The quantitative estimate of drug-likeness (QED) is 0.818. The number of carbonyl (C=O) groups is 1. The molecule has 2 aliphatic carbocycles. The van der Waals surface area contributed by atoms with Crippen LogP contribution in [0, 0.1) is 11.3 Å². The largest absolute Gasteiger partial charge is 0.508 e. The lowest BCUT2D eigenvalue weighted by Gasteiger charge is -2.42. The first kappa shape index (κ1) is 18.9. The lowest BCUT2D eigenvalue weighted by Crippen LogP contribution is -2.48. The van der Waals surface area contributed by atoms with Gasteiger partial charge in [-0.25, -0.2) is 0 Å². The third-order valence-corrected chi connectivity index (χ3v) is 7.63. The first-order chi connectivity index (χ1) is 14.1. The molecular formula is C23H31N3O3. The molecule has 3 fully saturated rings. The van der Waals surface area contributed by atoms with E-state index in [1.54, 1.807) is 6.07 Å². The fourth-order valence-electron chi connectivity index (χ4n) is 6.05. The molecular weight excluding hydrogens is 366 g/mol. The Labute approximate surface area is 172 Å². The lowest BCUT2D eigenvalue weighted by molar-refractivity contribution is -0.115. The molecule has 4 aliphatic rings. The molecule has 2 saturated carbocycles. The first-order valence-corrected chi connectivity index (χ1v) is 11.2. The Bertz CT molecular complexity index is 794. The Morgan fingerprint density at radius 2 is 2.00 bits per heavy atom. The van der Waals surface area contributed by atoms with Crippen molar-refractivity contribution in [3.63, 3.8) is 0 Å². The third-order valence-electron chi connectivity index (χ3n) is 7.63. The normalized spacial score (nSPS) is 28.9. The monoisotopic (exact) mass is 397 g/mol. The van der Waals surface area contributed by atoms with Crippen LogP contribution in [0.15, 0.2) is 29.4 Å². The Morgan fingerprint density at radius 1 is 1.21 bits per heavy atom. The van der Waals surface area contributed by atoms with E-state index in [9.17, 15) is 9.90 Å². The molecule has 1 spiro atoms. The second kappa shape index (κ2) is 7.63. The number of carbonyl (C=O) groups excluding carboxylic acids is 1. The first-order valence-electron chi connectivity index (χ1n) is 11.2. The highest BCUT2D eigenvalue weighted by Gasteiger charge is 2.57. The summed E-state index contributed by atoms with van der Waals surface area (Å²) in [4.78, 5) is 21.1. The van der Waals surface area contributed by atoms with Crippen LogP contribution in [0.25, 0.3) is 0 Å². The SMILES string of the molecule is O=C(NC1CCCC1)C1=NO[C@H]2CCC3(CCN(Cc4cccc(O)c4)CC3)[C@@H]12. The summed E-state index contributed by atoms with van der Waals surface area (Å²) in [6.45, 7) is 2.88. The van der Waals surface area contributed by atoms with E-state index in [-0.39, 0.29) is 23.3 Å². The smallest absolute Gasteiger partial charge is 0.269 e. The minimum Gasteiger partial charge on any atom is -0.508 e. The summed E-state index contributed by atoms with van der Waals surface area (Å²) >= 11 is 0. The van der Waals surface area contributed by atoms with E-state index in [0.29, 0.717) is 17.5 Å². The Morgan fingerprint density at radius 3 is 2.76 bits per heavy atom. The number of benzene rings is 1. The molecule has 1 amide bonds. The van der Waals surface area contributed by atoms with Gasteiger partial charge in [0.05, 0.1) is 5.92 Å². The van der Waals surface area contributed by atoms with E-state index in [4.69, 9.17) is 4.84 Å². The minimum atomic E-state index is 0.00728. The molecule has 5 rings (SSSR count). The number of piperidine rings is 1. The summed E-state index contributed by atoms with van der Waals surface area (Å²) in [5.74, 6) is 0.478. The van der Waals surface area contributed by atoms with Gasteiger partial charge >= 0.3 is 0 Å². The van der Waals surface area contributed by atoms with Gasteiger partial charge in [-0.2, -0.15) is 0 Å². The van der Waals surface area contributed by atoms with E-state index in [2.05, 4.69) is 21.4 Å². The van der Waals surface area contributed by atoms with Gasteiger partial charge in [0.1, 0.15) is 11.9 Å². The number of amides is 1. The van der Waals surface area contributed by atoms with Crippen molar-refractivity contribution in [2.24, 2.45) is 16.5 Å². The molecule has 2 atom stereocenters. The summed E-state index contributed by atoms with van der Waals surface area (Å²) in [6, 6.07) is 7.84. The fourth-order valence-corrected chi connectivity index (χ4v) is 6.05. The van der Waals surface area contributed by atoms with Crippen molar-refractivity contribution in [1.82, 2.24) is 10.2 Å². The van der Waals surface area contributed by atoms with Gasteiger partial charge in [-0.05, 0) is 74.7 Å². The summed E-state index contributed by atoms with van der Waals surface area (Å²) < 4.78 is 0. The van der Waals surface area contributed by atoms with Crippen molar-refractivity contribution in [2.45, 2.75) is 70.1 Å². The van der Waals surface area contributed by atoms with Crippen molar-refractivity contribution in [1.29, 1.82) is 0 Å². The third kappa shape index (κ3) is 3.63. The van der Waals surface area contributed by atoms with E-state index >= 15 is 0 Å². The molecule has 2 N–H and O–H groups in total. The zero-order valence-electron chi connectivity index (χ0n) is 17.0. The van der Waals surface area contributed by atoms with Gasteiger partial charge < -0.3 is 15.3 Å². The molecule has 2 heterocycles. The van der Waals surface area contributed by atoms with Crippen LogP contribution in [0.5, 0.6) is 5.75 Å². The van der Waals surface area contributed by atoms with Gasteiger partial charge in [0, 0.05) is 12.6 Å². The second-order valence-corrected chi connectivity index (χ2v) is 9.40. The predicted octanol–water partition coefficient (Wildman–Crippen LogP) is 3.20. The number of rotatable bonds is 4. The number of fused-ring (bicyclic) bond motifs is 2. The zero-order valence-corrected chi connectivity index (χ0v) is 17.0. The number of oxime groups is 1. The predicted molar refractivity (Wildman–Crippen MR) is 110 cm³/mol. The van der Waals surface area contributed by atoms with E-state index in [1.807, 2.05) is 12.1 Å². The number of nitrogens with zero attached hydrogens (tertiary/aromatic N) is 2. The van der Waals surface area contributed by atoms with Crippen molar-refractivity contribution in [3.8, 4) is 5.75 Å². The van der Waals surface area contributed by atoms with Gasteiger partial charge in [0.2, 0.25) is 0 Å². The highest BCUT2D eigenvalue weighted by Crippen LogP contribution is 2.54. The maximum absolute atomic E-state index is 13.0. The summed E-state index contributed by atoms with van der Waals surface area (Å²) in [5.41, 5.74) is 1.94. The van der Waals surface area contributed by atoms with Crippen LogP contribution < -0.4 is 5.32 Å². The highest BCUT2D eigenvalue weighted by atomic mass is 16.6. The van der Waals surface area contributed by atoms with Crippen LogP contribution in [0.3, 0.4) is 0 Å². The van der Waals surface area contributed by atoms with Gasteiger partial charge in [-0.15, -0.1) is 0 Å². The molecule has 0 aromatic heterocycles. The van der Waals surface area contributed by atoms with Gasteiger partial charge in [0.15, 0.2) is 5.71 Å². The topological polar surface area (TPSA) is 74.2 Å². The maximum Gasteiger partial charge on any atom is 0.269 e. The molecule has 6 heteroatoms. The van der Waals surface area contributed by atoms with Crippen LogP contribution in [0.2, 0.25) is 0 Å². The molecule has 0 unspecified atom stereocenters. The van der Waals surface area contributed by atoms with Crippen LogP contribution in [-0.2, 0) is 16.2 Å². The highest BCUT2D eigenvalue weighted by molar-refractivity contribution is 6.40. The van der Waals surface area contributed by atoms with E-state index < -0.39 is 0 Å². The number of hydrogen-bond acceptors (Lipinski definition) is 5. The number of phenolic OH excluding ortho intramolecular Hbond substituents is 1. The molecule has 2 aliphatic heterocycles. The fraction of sp³-hybridized carbons (Fsp3) is 0.652. The average Bonchev–Trinajstić information content (AvgIpc) is 3.43. The summed E-state index contributed by atoms with van der Waals surface area (Å²) in [7, 11) is 0. The van der Waals surface area contributed by atoms with E-state index in [0.717, 1.165) is 63.7 Å². The van der Waals surface area contributed by atoms with Crippen LogP contribution in [0.1, 0.15) is 56.9 Å². The number of aromatic hydroxyl groups is 1. The maximum atomic E-state index is 13.0. The second-order valence-electron chi connectivity index (χ2n) is 9.40. The van der Waals surface area contributed by atoms with Gasteiger partial charge in [-0.1, -0.05) is 30.1 Å².